The number of carbonyl (C=O) groups excluding carboxylic acids is 2. The van der Waals surface area contributed by atoms with Gasteiger partial charge in [0.1, 0.15) is 6.10 Å². The molecule has 0 aromatic rings. The van der Waals surface area contributed by atoms with Crippen LogP contribution in [0.1, 0.15) is 290 Å². The molecule has 63 heavy (non-hydrogen) atoms. The lowest BCUT2D eigenvalue weighted by Gasteiger charge is -2.24. The van der Waals surface area contributed by atoms with Gasteiger partial charge in [0, 0.05) is 6.42 Å². The van der Waals surface area contributed by atoms with E-state index in [9.17, 15) is 19.8 Å². The fraction of sp³-hybridized carbons (Fsp3) is 0.860. The third-order valence-electron chi connectivity index (χ3n) is 12.7. The van der Waals surface area contributed by atoms with Crippen molar-refractivity contribution >= 4 is 11.9 Å². The van der Waals surface area contributed by atoms with Gasteiger partial charge < -0.3 is 20.3 Å². The molecule has 0 saturated carbocycles. The molecule has 0 saturated heterocycles. The predicted octanol–water partition coefficient (Wildman–Crippen LogP) is 16.8. The summed E-state index contributed by atoms with van der Waals surface area (Å²) in [4.78, 5) is 26.2. The predicted molar refractivity (Wildman–Crippen MR) is 273 cm³/mol. The average molecular weight is 886 g/mol. The summed E-state index contributed by atoms with van der Waals surface area (Å²) in [5.74, 6) is -0.486. The van der Waals surface area contributed by atoms with Gasteiger partial charge >= 0.3 is 5.97 Å². The van der Waals surface area contributed by atoms with E-state index >= 15 is 0 Å². The van der Waals surface area contributed by atoms with E-state index in [0.717, 1.165) is 77.0 Å². The van der Waals surface area contributed by atoms with Crippen molar-refractivity contribution < 1.29 is 24.5 Å². The third-order valence-corrected chi connectivity index (χ3v) is 12.7. The normalized spacial score (nSPS) is 13.4. The van der Waals surface area contributed by atoms with E-state index in [1.807, 2.05) is 0 Å². The van der Waals surface area contributed by atoms with E-state index in [-0.39, 0.29) is 24.9 Å². The Morgan fingerprint density at radius 3 is 1.25 bits per heavy atom. The van der Waals surface area contributed by atoms with E-state index in [1.54, 1.807) is 0 Å². The summed E-state index contributed by atoms with van der Waals surface area (Å²) in [6.45, 7) is 6.47. The molecule has 0 aliphatic carbocycles. The van der Waals surface area contributed by atoms with E-state index in [0.29, 0.717) is 19.3 Å². The fourth-order valence-electron chi connectivity index (χ4n) is 8.46. The first-order valence-electron chi connectivity index (χ1n) is 27.7. The van der Waals surface area contributed by atoms with Crippen LogP contribution in [-0.2, 0) is 14.3 Å². The lowest BCUT2D eigenvalue weighted by Crippen LogP contribution is -2.46. The van der Waals surface area contributed by atoms with E-state index < -0.39 is 18.2 Å². The second-order valence-electron chi connectivity index (χ2n) is 19.0. The van der Waals surface area contributed by atoms with Crippen LogP contribution in [0.2, 0.25) is 0 Å². The summed E-state index contributed by atoms with van der Waals surface area (Å²) >= 11 is 0. The largest absolute Gasteiger partial charge is 0.462 e. The van der Waals surface area contributed by atoms with Gasteiger partial charge in [-0.3, -0.25) is 9.59 Å². The Kier molecular flexibility index (Phi) is 49.5. The Bertz CT molecular complexity index is 1040. The summed E-state index contributed by atoms with van der Waals surface area (Å²) in [5.41, 5.74) is 0. The summed E-state index contributed by atoms with van der Waals surface area (Å²) in [7, 11) is 0. The van der Waals surface area contributed by atoms with Gasteiger partial charge in [-0.2, -0.15) is 0 Å². The number of hydrogen-bond donors (Lipinski definition) is 3. The average Bonchev–Trinajstić information content (AvgIpc) is 3.28. The number of ether oxygens (including phenoxy) is 1. The number of allylic oxidation sites excluding steroid dienone is 6. The number of esters is 1. The van der Waals surface area contributed by atoms with Crippen LogP contribution in [-0.4, -0.2) is 46.9 Å². The Hall–Kier alpha value is -1.92. The van der Waals surface area contributed by atoms with Gasteiger partial charge in [-0.25, -0.2) is 0 Å². The van der Waals surface area contributed by atoms with Crippen LogP contribution in [0.4, 0.5) is 0 Å². The smallest absolute Gasteiger partial charge is 0.306 e. The lowest BCUT2D eigenvalue weighted by molar-refractivity contribution is -0.151. The Labute approximate surface area is 392 Å². The zero-order chi connectivity index (χ0) is 45.9. The highest BCUT2D eigenvalue weighted by molar-refractivity contribution is 5.77. The molecule has 0 aliphatic heterocycles. The van der Waals surface area contributed by atoms with Gasteiger partial charge in [0.2, 0.25) is 5.91 Å². The second-order valence-corrected chi connectivity index (χ2v) is 19.0. The highest BCUT2D eigenvalue weighted by Gasteiger charge is 2.24. The van der Waals surface area contributed by atoms with Gasteiger partial charge in [-0.1, -0.05) is 231 Å². The monoisotopic (exact) mass is 886 g/mol. The van der Waals surface area contributed by atoms with Crippen LogP contribution >= 0.6 is 0 Å². The molecule has 0 fully saturated rings. The van der Waals surface area contributed by atoms with E-state index in [4.69, 9.17) is 4.74 Å². The Balaban J connectivity index is 4.57. The molecule has 6 nitrogen and oxygen atoms in total. The van der Waals surface area contributed by atoms with Gasteiger partial charge in [-0.05, 0) is 83.5 Å². The molecule has 0 aromatic heterocycles. The highest BCUT2D eigenvalue weighted by Crippen LogP contribution is 2.18. The molecule has 0 bridgehead atoms. The van der Waals surface area contributed by atoms with Crippen molar-refractivity contribution in [3.8, 4) is 0 Å². The molecule has 3 unspecified atom stereocenters. The van der Waals surface area contributed by atoms with Crippen molar-refractivity contribution in [3.05, 3.63) is 36.5 Å². The molecule has 0 rings (SSSR count). The van der Waals surface area contributed by atoms with Crippen LogP contribution in [0, 0.1) is 0 Å². The number of unbranched alkanes of at least 4 members (excludes halogenated alkanes) is 32. The molecule has 0 aliphatic rings. The summed E-state index contributed by atoms with van der Waals surface area (Å²) in [6, 6.07) is -0.706. The molecular weight excluding hydrogens is 779 g/mol. The van der Waals surface area contributed by atoms with E-state index in [1.165, 1.54) is 167 Å². The number of carbonyl (C=O) groups is 2. The first-order chi connectivity index (χ1) is 31.0. The minimum atomic E-state index is -0.791. The minimum absolute atomic E-state index is 0.0674. The van der Waals surface area contributed by atoms with Crippen molar-refractivity contribution in [1.29, 1.82) is 0 Å². The zero-order valence-electron chi connectivity index (χ0n) is 42.2. The first-order valence-corrected chi connectivity index (χ1v) is 27.7. The molecule has 0 radical (unpaired) electrons. The maximum atomic E-state index is 13.2. The zero-order valence-corrected chi connectivity index (χ0v) is 42.2. The van der Waals surface area contributed by atoms with Crippen molar-refractivity contribution in [2.45, 2.75) is 309 Å². The van der Waals surface area contributed by atoms with Crippen molar-refractivity contribution in [2.75, 3.05) is 6.61 Å². The molecular formula is C57H107NO5. The number of aliphatic hydroxyl groups excluding tert-OH is 2. The SMILES string of the molecule is CCCCC/C=C\C/C=C\CCCCCCCC(CC(=O)NC(CO)C(O)CCCCCCCCCCCCC)OC(=O)CCCCCCC/C=C/CCCCCCCCCCC. The molecule has 0 heterocycles. The summed E-state index contributed by atoms with van der Waals surface area (Å²) < 4.78 is 5.94. The number of hydrogen-bond acceptors (Lipinski definition) is 5. The van der Waals surface area contributed by atoms with Crippen LogP contribution in [0.25, 0.3) is 0 Å². The molecule has 3 atom stereocenters. The Morgan fingerprint density at radius 2 is 0.810 bits per heavy atom. The minimum Gasteiger partial charge on any atom is -0.462 e. The Morgan fingerprint density at radius 1 is 0.460 bits per heavy atom. The lowest BCUT2D eigenvalue weighted by atomic mass is 10.0. The number of aliphatic hydroxyl groups is 2. The van der Waals surface area contributed by atoms with Crippen molar-refractivity contribution in [2.24, 2.45) is 0 Å². The quantitative estimate of drug-likeness (QED) is 0.0321. The number of nitrogens with one attached hydrogen (secondary N) is 1. The summed E-state index contributed by atoms with van der Waals surface area (Å²) in [5, 5.41) is 23.8. The van der Waals surface area contributed by atoms with Gasteiger partial charge in [0.25, 0.3) is 0 Å². The van der Waals surface area contributed by atoms with E-state index in [2.05, 4.69) is 62.5 Å². The maximum absolute atomic E-state index is 13.2. The topological polar surface area (TPSA) is 95.9 Å². The molecule has 6 heteroatoms. The van der Waals surface area contributed by atoms with Crippen LogP contribution in [0.5, 0.6) is 0 Å². The van der Waals surface area contributed by atoms with Crippen LogP contribution < -0.4 is 5.32 Å². The molecule has 3 N–H and O–H groups in total. The van der Waals surface area contributed by atoms with Crippen molar-refractivity contribution in [3.63, 3.8) is 0 Å². The fourth-order valence-corrected chi connectivity index (χ4v) is 8.46. The van der Waals surface area contributed by atoms with Crippen LogP contribution in [0.15, 0.2) is 36.5 Å². The second kappa shape index (κ2) is 51.1. The highest BCUT2D eigenvalue weighted by atomic mass is 16.5. The molecule has 370 valence electrons. The number of rotatable bonds is 50. The van der Waals surface area contributed by atoms with Crippen molar-refractivity contribution in [1.82, 2.24) is 5.32 Å². The molecule has 0 aromatic carbocycles. The van der Waals surface area contributed by atoms with Crippen LogP contribution in [0.3, 0.4) is 0 Å². The van der Waals surface area contributed by atoms with Gasteiger partial charge in [-0.15, -0.1) is 0 Å². The van der Waals surface area contributed by atoms with Gasteiger partial charge in [0.15, 0.2) is 0 Å². The maximum Gasteiger partial charge on any atom is 0.306 e. The summed E-state index contributed by atoms with van der Waals surface area (Å²) in [6.07, 6.45) is 60.6. The first kappa shape index (κ1) is 61.1. The third kappa shape index (κ3) is 46.4. The standard InChI is InChI=1S/C57H107NO5/c1-4-7-10-13-16-19-22-24-26-27-28-30-32-35-38-41-44-47-50-57(62)63-53(48-45-42-39-36-34-31-29-25-23-20-17-14-11-8-5-2)51-56(61)58-54(52-59)55(60)49-46-43-40-37-33-21-18-15-12-9-6-3/h17,20,25,28-30,53-55,59-60H,4-16,18-19,21-24,26-27,31-52H2,1-3H3,(H,58,61)/b20-17-,29-25-,30-28+. The molecule has 0 spiro atoms. The number of amides is 1. The van der Waals surface area contributed by atoms with Gasteiger partial charge in [0.05, 0.1) is 25.2 Å². The molecule has 1 amide bonds.